The number of para-hydroxylation sites is 1. The molecule has 0 aliphatic carbocycles. The van der Waals surface area contributed by atoms with Gasteiger partial charge in [0, 0.05) is 0 Å². The molecule has 0 saturated carbocycles. The van der Waals surface area contributed by atoms with E-state index in [1.165, 1.54) is 5.56 Å². The molecule has 0 radical (unpaired) electrons. The van der Waals surface area contributed by atoms with Crippen molar-refractivity contribution in [3.8, 4) is 5.75 Å². The van der Waals surface area contributed by atoms with E-state index in [0.29, 0.717) is 12.5 Å². The Kier molecular flexibility index (Phi) is 7.18. The molecule has 0 aliphatic rings. The van der Waals surface area contributed by atoms with Gasteiger partial charge in [-0.1, -0.05) is 32.0 Å². The minimum Gasteiger partial charge on any atom is -0.493 e. The van der Waals surface area contributed by atoms with Crippen molar-refractivity contribution in [2.45, 2.75) is 20.3 Å². The Labute approximate surface area is 98.2 Å². The first-order chi connectivity index (χ1) is 6.74. The van der Waals surface area contributed by atoms with Crippen LogP contribution in [-0.4, -0.2) is 13.2 Å². The lowest BCUT2D eigenvalue weighted by Gasteiger charge is -2.12. The van der Waals surface area contributed by atoms with Crippen molar-refractivity contribution in [1.82, 2.24) is 0 Å². The van der Waals surface area contributed by atoms with Crippen molar-refractivity contribution in [1.29, 1.82) is 0 Å². The maximum absolute atomic E-state index is 5.70. The highest BCUT2D eigenvalue weighted by atomic mass is 35.5. The van der Waals surface area contributed by atoms with E-state index in [9.17, 15) is 0 Å². The number of hydrogen-bond acceptors (Lipinski definition) is 2. The molecule has 1 aromatic carbocycles. The quantitative estimate of drug-likeness (QED) is 0.843. The van der Waals surface area contributed by atoms with Crippen molar-refractivity contribution >= 4 is 12.4 Å². The Morgan fingerprint density at radius 3 is 2.53 bits per heavy atom. The molecule has 0 aliphatic heterocycles. The first-order valence-electron chi connectivity index (χ1n) is 5.14. The highest BCUT2D eigenvalue weighted by molar-refractivity contribution is 5.85. The van der Waals surface area contributed by atoms with Gasteiger partial charge in [0.2, 0.25) is 0 Å². The average molecular weight is 230 g/mol. The zero-order chi connectivity index (χ0) is 10.4. The second-order valence-corrected chi connectivity index (χ2v) is 3.85. The molecule has 15 heavy (non-hydrogen) atoms. The summed E-state index contributed by atoms with van der Waals surface area (Å²) in [7, 11) is 0. The van der Waals surface area contributed by atoms with Gasteiger partial charge in [-0.15, -0.1) is 12.4 Å². The summed E-state index contributed by atoms with van der Waals surface area (Å²) in [5.41, 5.74) is 6.73. The van der Waals surface area contributed by atoms with Gasteiger partial charge in [0.15, 0.2) is 0 Å². The molecule has 2 N–H and O–H groups in total. The number of nitrogens with two attached hydrogens (primary N) is 1. The van der Waals surface area contributed by atoms with E-state index in [2.05, 4.69) is 19.9 Å². The number of rotatable bonds is 5. The molecule has 0 heterocycles. The zero-order valence-electron chi connectivity index (χ0n) is 9.40. The van der Waals surface area contributed by atoms with Crippen LogP contribution in [0.15, 0.2) is 24.3 Å². The standard InChI is InChI=1S/C12H19NO.ClH/c1-10(2)9-14-12-6-4-3-5-11(12)7-8-13;/h3-6,10H,7-9,13H2,1-2H3;1H. The van der Waals surface area contributed by atoms with Crippen LogP contribution in [0.5, 0.6) is 5.75 Å². The van der Waals surface area contributed by atoms with Crippen LogP contribution >= 0.6 is 12.4 Å². The predicted molar refractivity (Wildman–Crippen MR) is 66.8 cm³/mol. The van der Waals surface area contributed by atoms with E-state index in [1.54, 1.807) is 0 Å². The van der Waals surface area contributed by atoms with Gasteiger partial charge in [0.05, 0.1) is 6.61 Å². The smallest absolute Gasteiger partial charge is 0.122 e. The maximum atomic E-state index is 5.70. The van der Waals surface area contributed by atoms with Crippen LogP contribution in [0.1, 0.15) is 19.4 Å². The molecule has 0 aromatic heterocycles. The summed E-state index contributed by atoms with van der Waals surface area (Å²) in [6.45, 7) is 5.72. The highest BCUT2D eigenvalue weighted by Gasteiger charge is 2.02. The van der Waals surface area contributed by atoms with E-state index < -0.39 is 0 Å². The van der Waals surface area contributed by atoms with Crippen LogP contribution in [-0.2, 0) is 6.42 Å². The summed E-state index contributed by atoms with van der Waals surface area (Å²) in [6, 6.07) is 8.10. The molecule has 0 fully saturated rings. The van der Waals surface area contributed by atoms with E-state index in [-0.39, 0.29) is 12.4 Å². The van der Waals surface area contributed by atoms with E-state index in [4.69, 9.17) is 10.5 Å². The lowest BCUT2D eigenvalue weighted by atomic mass is 10.1. The predicted octanol–water partition coefficient (Wildman–Crippen LogP) is 2.64. The summed E-state index contributed by atoms with van der Waals surface area (Å²) in [6.07, 6.45) is 0.883. The SMILES string of the molecule is CC(C)COc1ccccc1CCN.Cl. The number of hydrogen-bond donors (Lipinski definition) is 1. The topological polar surface area (TPSA) is 35.2 Å². The normalized spacial score (nSPS) is 9.87. The van der Waals surface area contributed by atoms with Gasteiger partial charge in [-0.2, -0.15) is 0 Å². The molecule has 0 saturated heterocycles. The molecule has 0 bridgehead atoms. The second-order valence-electron chi connectivity index (χ2n) is 3.85. The van der Waals surface area contributed by atoms with E-state index in [1.807, 2.05) is 18.2 Å². The molecule has 0 unspecified atom stereocenters. The maximum Gasteiger partial charge on any atom is 0.122 e. The summed E-state index contributed by atoms with van der Waals surface area (Å²) in [5, 5.41) is 0. The molecular weight excluding hydrogens is 210 g/mol. The fourth-order valence-corrected chi connectivity index (χ4v) is 1.26. The third-order valence-corrected chi connectivity index (χ3v) is 1.96. The Bertz CT molecular complexity index is 276. The molecule has 1 aromatic rings. The Hall–Kier alpha value is -0.730. The minimum atomic E-state index is 0. The molecule has 0 spiro atoms. The van der Waals surface area contributed by atoms with Crippen molar-refractivity contribution in [2.24, 2.45) is 11.7 Å². The highest BCUT2D eigenvalue weighted by Crippen LogP contribution is 2.18. The molecule has 1 rings (SSSR count). The van der Waals surface area contributed by atoms with Crippen LogP contribution in [0.3, 0.4) is 0 Å². The Morgan fingerprint density at radius 1 is 1.27 bits per heavy atom. The zero-order valence-corrected chi connectivity index (χ0v) is 10.2. The molecule has 0 amide bonds. The van der Waals surface area contributed by atoms with Gasteiger partial charge in [-0.05, 0) is 30.5 Å². The number of benzene rings is 1. The summed E-state index contributed by atoms with van der Waals surface area (Å²) in [4.78, 5) is 0. The first-order valence-corrected chi connectivity index (χ1v) is 5.14. The van der Waals surface area contributed by atoms with Crippen LogP contribution < -0.4 is 10.5 Å². The summed E-state index contributed by atoms with van der Waals surface area (Å²) < 4.78 is 5.70. The average Bonchev–Trinajstić information content (AvgIpc) is 2.17. The van der Waals surface area contributed by atoms with Crippen molar-refractivity contribution < 1.29 is 4.74 Å². The summed E-state index contributed by atoms with van der Waals surface area (Å²) >= 11 is 0. The molecule has 2 nitrogen and oxygen atoms in total. The number of halogens is 1. The van der Waals surface area contributed by atoms with Crippen LogP contribution in [0.25, 0.3) is 0 Å². The van der Waals surface area contributed by atoms with E-state index in [0.717, 1.165) is 18.8 Å². The molecular formula is C12H20ClNO. The van der Waals surface area contributed by atoms with Crippen LogP contribution in [0.2, 0.25) is 0 Å². The van der Waals surface area contributed by atoms with Gasteiger partial charge >= 0.3 is 0 Å². The van der Waals surface area contributed by atoms with Gasteiger partial charge in [0.1, 0.15) is 5.75 Å². The van der Waals surface area contributed by atoms with Crippen LogP contribution in [0.4, 0.5) is 0 Å². The third-order valence-electron chi connectivity index (χ3n) is 1.96. The fraction of sp³-hybridized carbons (Fsp3) is 0.500. The van der Waals surface area contributed by atoms with Crippen LogP contribution in [0, 0.1) is 5.92 Å². The molecule has 86 valence electrons. The van der Waals surface area contributed by atoms with Gasteiger partial charge < -0.3 is 10.5 Å². The van der Waals surface area contributed by atoms with Crippen molar-refractivity contribution in [2.75, 3.05) is 13.2 Å². The number of ether oxygens (including phenoxy) is 1. The Balaban J connectivity index is 0.00000196. The molecule has 0 atom stereocenters. The first kappa shape index (κ1) is 14.3. The largest absolute Gasteiger partial charge is 0.493 e. The van der Waals surface area contributed by atoms with Gasteiger partial charge in [0.25, 0.3) is 0 Å². The van der Waals surface area contributed by atoms with Gasteiger partial charge in [-0.3, -0.25) is 0 Å². The second kappa shape index (κ2) is 7.55. The van der Waals surface area contributed by atoms with Gasteiger partial charge in [-0.25, -0.2) is 0 Å². The lowest BCUT2D eigenvalue weighted by Crippen LogP contribution is -2.08. The fourth-order valence-electron chi connectivity index (χ4n) is 1.26. The summed E-state index contributed by atoms with van der Waals surface area (Å²) in [5.74, 6) is 1.53. The van der Waals surface area contributed by atoms with Crippen molar-refractivity contribution in [3.05, 3.63) is 29.8 Å². The molecule has 3 heteroatoms. The Morgan fingerprint density at radius 2 is 1.93 bits per heavy atom. The minimum absolute atomic E-state index is 0. The van der Waals surface area contributed by atoms with Crippen molar-refractivity contribution in [3.63, 3.8) is 0 Å². The third kappa shape index (κ3) is 5.05. The van der Waals surface area contributed by atoms with E-state index >= 15 is 0 Å². The monoisotopic (exact) mass is 229 g/mol. The lowest BCUT2D eigenvalue weighted by molar-refractivity contribution is 0.268.